The van der Waals surface area contributed by atoms with Crippen LogP contribution < -0.4 is 10.6 Å². The van der Waals surface area contributed by atoms with Crippen LogP contribution in [0.4, 0.5) is 10.5 Å². The van der Waals surface area contributed by atoms with Crippen molar-refractivity contribution in [2.75, 3.05) is 5.32 Å². The molecule has 2 amide bonds. The van der Waals surface area contributed by atoms with Gasteiger partial charge in [-0.05, 0) is 24.8 Å². The van der Waals surface area contributed by atoms with Crippen molar-refractivity contribution in [1.29, 1.82) is 0 Å². The summed E-state index contributed by atoms with van der Waals surface area (Å²) in [5.41, 5.74) is -0.635. The number of benzene rings is 2. The fourth-order valence-corrected chi connectivity index (χ4v) is 2.03. The molecule has 1 unspecified atom stereocenters. The number of amides is 2. The van der Waals surface area contributed by atoms with Gasteiger partial charge >= 0.3 is 12.0 Å². The SMILES string of the molecule is CCC(C)(NC(=O)Nc1cccc2ccccc12)C(=O)O. The summed E-state index contributed by atoms with van der Waals surface area (Å²) in [6.45, 7) is 3.20. The molecule has 21 heavy (non-hydrogen) atoms. The van der Waals surface area contributed by atoms with Gasteiger partial charge < -0.3 is 15.7 Å². The molecule has 0 aromatic heterocycles. The van der Waals surface area contributed by atoms with E-state index in [9.17, 15) is 14.7 Å². The van der Waals surface area contributed by atoms with Crippen molar-refractivity contribution >= 4 is 28.5 Å². The summed E-state index contributed by atoms with van der Waals surface area (Å²) in [7, 11) is 0. The zero-order chi connectivity index (χ0) is 15.5. The maximum atomic E-state index is 12.0. The third-order valence-corrected chi connectivity index (χ3v) is 3.61. The molecule has 0 spiro atoms. The van der Waals surface area contributed by atoms with E-state index in [4.69, 9.17) is 0 Å². The quantitative estimate of drug-likeness (QED) is 0.807. The van der Waals surface area contributed by atoms with E-state index in [1.165, 1.54) is 6.92 Å². The minimum Gasteiger partial charge on any atom is -0.480 e. The first kappa shape index (κ1) is 14.8. The lowest BCUT2D eigenvalue weighted by atomic mass is 10.00. The van der Waals surface area contributed by atoms with Gasteiger partial charge in [-0.25, -0.2) is 9.59 Å². The molecule has 3 N–H and O–H groups in total. The Kier molecular flexibility index (Phi) is 4.12. The predicted molar refractivity (Wildman–Crippen MR) is 82.4 cm³/mol. The lowest BCUT2D eigenvalue weighted by Gasteiger charge is -2.24. The normalized spacial score (nSPS) is 13.4. The van der Waals surface area contributed by atoms with Gasteiger partial charge in [-0.3, -0.25) is 0 Å². The Balaban J connectivity index is 2.21. The largest absolute Gasteiger partial charge is 0.480 e. The standard InChI is InChI=1S/C16H18N2O3/c1-3-16(2,14(19)20)18-15(21)17-13-10-6-8-11-7-4-5-9-12(11)13/h4-10H,3H2,1-2H3,(H,19,20)(H2,17,18,21). The molecule has 0 aliphatic carbocycles. The number of rotatable bonds is 4. The van der Waals surface area contributed by atoms with Gasteiger partial charge in [0, 0.05) is 5.39 Å². The summed E-state index contributed by atoms with van der Waals surface area (Å²) in [6.07, 6.45) is 0.297. The average Bonchev–Trinajstić information content (AvgIpc) is 2.47. The van der Waals surface area contributed by atoms with E-state index in [0.29, 0.717) is 12.1 Å². The van der Waals surface area contributed by atoms with E-state index >= 15 is 0 Å². The van der Waals surface area contributed by atoms with Gasteiger partial charge in [0.25, 0.3) is 0 Å². The molecule has 2 aromatic carbocycles. The van der Waals surface area contributed by atoms with Crippen LogP contribution in [0.2, 0.25) is 0 Å². The highest BCUT2D eigenvalue weighted by atomic mass is 16.4. The number of anilines is 1. The first-order valence-electron chi connectivity index (χ1n) is 6.76. The van der Waals surface area contributed by atoms with Crippen molar-refractivity contribution in [2.24, 2.45) is 0 Å². The van der Waals surface area contributed by atoms with Crippen LogP contribution in [0.25, 0.3) is 10.8 Å². The van der Waals surface area contributed by atoms with Crippen molar-refractivity contribution in [3.05, 3.63) is 42.5 Å². The number of urea groups is 1. The number of hydrogen-bond donors (Lipinski definition) is 3. The molecular weight excluding hydrogens is 268 g/mol. The van der Waals surface area contributed by atoms with E-state index in [2.05, 4.69) is 10.6 Å². The van der Waals surface area contributed by atoms with E-state index in [1.807, 2.05) is 36.4 Å². The molecule has 0 saturated carbocycles. The lowest BCUT2D eigenvalue weighted by Crippen LogP contribution is -2.53. The molecule has 0 heterocycles. The van der Waals surface area contributed by atoms with Crippen LogP contribution in [-0.4, -0.2) is 22.6 Å². The zero-order valence-corrected chi connectivity index (χ0v) is 12.0. The molecule has 2 aromatic rings. The average molecular weight is 286 g/mol. The van der Waals surface area contributed by atoms with Crippen LogP contribution in [0.15, 0.2) is 42.5 Å². The molecule has 0 radical (unpaired) electrons. The number of carboxylic acids is 1. The number of carbonyl (C=O) groups is 2. The highest BCUT2D eigenvalue weighted by Gasteiger charge is 2.32. The van der Waals surface area contributed by atoms with E-state index in [-0.39, 0.29) is 0 Å². The summed E-state index contributed by atoms with van der Waals surface area (Å²) in [5.74, 6) is -1.06. The highest BCUT2D eigenvalue weighted by molar-refractivity contribution is 6.02. The molecule has 110 valence electrons. The van der Waals surface area contributed by atoms with Gasteiger partial charge in [0.15, 0.2) is 0 Å². The number of carboxylic acid groups (broad SMARTS) is 1. The second-order valence-electron chi connectivity index (χ2n) is 5.10. The Morgan fingerprint density at radius 3 is 2.48 bits per heavy atom. The molecule has 0 saturated heterocycles. The molecule has 5 heteroatoms. The van der Waals surface area contributed by atoms with E-state index in [0.717, 1.165) is 10.8 Å². The maximum Gasteiger partial charge on any atom is 0.329 e. The van der Waals surface area contributed by atoms with Crippen LogP contribution in [0.3, 0.4) is 0 Å². The molecule has 1 atom stereocenters. The Morgan fingerprint density at radius 2 is 1.81 bits per heavy atom. The fourth-order valence-electron chi connectivity index (χ4n) is 2.03. The molecule has 2 rings (SSSR count). The fraction of sp³-hybridized carbons (Fsp3) is 0.250. The lowest BCUT2D eigenvalue weighted by molar-refractivity contribution is -0.143. The monoisotopic (exact) mass is 286 g/mol. The Bertz CT molecular complexity index is 679. The molecular formula is C16H18N2O3. The molecule has 0 bridgehead atoms. The minimum atomic E-state index is -1.28. The predicted octanol–water partition coefficient (Wildman–Crippen LogP) is 3.21. The summed E-state index contributed by atoms with van der Waals surface area (Å²) in [6, 6.07) is 12.7. The maximum absolute atomic E-state index is 12.0. The van der Waals surface area contributed by atoms with Crippen LogP contribution >= 0.6 is 0 Å². The zero-order valence-electron chi connectivity index (χ0n) is 12.0. The number of fused-ring (bicyclic) bond motifs is 1. The molecule has 5 nitrogen and oxygen atoms in total. The second-order valence-corrected chi connectivity index (χ2v) is 5.10. The van der Waals surface area contributed by atoms with Crippen LogP contribution in [0, 0.1) is 0 Å². The van der Waals surface area contributed by atoms with Crippen molar-refractivity contribution < 1.29 is 14.7 Å². The smallest absolute Gasteiger partial charge is 0.329 e. The van der Waals surface area contributed by atoms with Crippen molar-refractivity contribution in [2.45, 2.75) is 25.8 Å². The minimum absolute atomic E-state index is 0.297. The number of aliphatic carboxylic acids is 1. The topological polar surface area (TPSA) is 78.4 Å². The summed E-state index contributed by atoms with van der Waals surface area (Å²) < 4.78 is 0. The highest BCUT2D eigenvalue weighted by Crippen LogP contribution is 2.23. The van der Waals surface area contributed by atoms with E-state index < -0.39 is 17.5 Å². The van der Waals surface area contributed by atoms with Crippen molar-refractivity contribution in [3.63, 3.8) is 0 Å². The molecule has 0 aliphatic rings. The van der Waals surface area contributed by atoms with Crippen molar-refractivity contribution in [3.8, 4) is 0 Å². The third kappa shape index (κ3) is 3.13. The second kappa shape index (κ2) is 5.83. The van der Waals surface area contributed by atoms with Gasteiger partial charge in [-0.15, -0.1) is 0 Å². The van der Waals surface area contributed by atoms with Gasteiger partial charge in [0.1, 0.15) is 5.54 Å². The number of hydrogen-bond acceptors (Lipinski definition) is 2. The van der Waals surface area contributed by atoms with E-state index in [1.54, 1.807) is 13.0 Å². The van der Waals surface area contributed by atoms with Gasteiger partial charge in [-0.2, -0.15) is 0 Å². The van der Waals surface area contributed by atoms with Crippen LogP contribution in [0.1, 0.15) is 20.3 Å². The van der Waals surface area contributed by atoms with Crippen molar-refractivity contribution in [1.82, 2.24) is 5.32 Å². The molecule has 0 aliphatic heterocycles. The van der Waals surface area contributed by atoms with Gasteiger partial charge in [0.05, 0.1) is 5.69 Å². The third-order valence-electron chi connectivity index (χ3n) is 3.61. The Labute approximate surface area is 123 Å². The van der Waals surface area contributed by atoms with Crippen LogP contribution in [0.5, 0.6) is 0 Å². The summed E-state index contributed by atoms with van der Waals surface area (Å²) >= 11 is 0. The summed E-state index contributed by atoms with van der Waals surface area (Å²) in [5, 5.41) is 16.3. The van der Waals surface area contributed by atoms with Gasteiger partial charge in [-0.1, -0.05) is 43.3 Å². The van der Waals surface area contributed by atoms with Crippen LogP contribution in [-0.2, 0) is 4.79 Å². The number of nitrogens with one attached hydrogen (secondary N) is 2. The molecule has 0 fully saturated rings. The van der Waals surface area contributed by atoms with Gasteiger partial charge in [0.2, 0.25) is 0 Å². The first-order chi connectivity index (χ1) is 9.96. The summed E-state index contributed by atoms with van der Waals surface area (Å²) in [4.78, 5) is 23.3. The Morgan fingerprint density at radius 1 is 1.14 bits per heavy atom. The number of carbonyl (C=O) groups excluding carboxylic acids is 1. The Hall–Kier alpha value is -2.56. The first-order valence-corrected chi connectivity index (χ1v) is 6.76.